The molecular weight excluding hydrogens is 273 g/mol. The average molecular weight is 289 g/mol. The normalized spacial score (nSPS) is 15.9. The lowest BCUT2D eigenvalue weighted by molar-refractivity contribution is 0.0920. The second-order valence-electron chi connectivity index (χ2n) is 5.08. The molecule has 2 aromatic rings. The number of amides is 1. The van der Waals surface area contributed by atoms with Gasteiger partial charge in [-0.15, -0.1) is 0 Å². The Morgan fingerprint density at radius 2 is 2.00 bits per heavy atom. The van der Waals surface area contributed by atoms with E-state index in [9.17, 15) is 9.18 Å². The monoisotopic (exact) mass is 289 g/mol. The first kappa shape index (κ1) is 13.8. The van der Waals surface area contributed by atoms with Gasteiger partial charge in [0.1, 0.15) is 5.82 Å². The van der Waals surface area contributed by atoms with Gasteiger partial charge in [0.2, 0.25) is 0 Å². The van der Waals surface area contributed by atoms with Crippen molar-refractivity contribution in [2.24, 2.45) is 0 Å². The molecule has 1 saturated heterocycles. The number of halogens is 1. The van der Waals surface area contributed by atoms with E-state index in [0.29, 0.717) is 11.3 Å². The van der Waals surface area contributed by atoms with E-state index in [1.807, 2.05) is 0 Å². The SMILES string of the molecule is O=C(NC1CCNCC1)c1cc(-c2ccc(F)cc2)on1. The van der Waals surface area contributed by atoms with Crippen molar-refractivity contribution in [3.63, 3.8) is 0 Å². The van der Waals surface area contributed by atoms with E-state index in [1.54, 1.807) is 18.2 Å². The minimum absolute atomic E-state index is 0.171. The summed E-state index contributed by atoms with van der Waals surface area (Å²) in [5, 5.41) is 9.97. The second kappa shape index (κ2) is 6.05. The smallest absolute Gasteiger partial charge is 0.273 e. The van der Waals surface area contributed by atoms with E-state index < -0.39 is 0 Å². The lowest BCUT2D eigenvalue weighted by atomic mass is 10.1. The second-order valence-corrected chi connectivity index (χ2v) is 5.08. The number of hydrogen-bond donors (Lipinski definition) is 2. The largest absolute Gasteiger partial charge is 0.355 e. The topological polar surface area (TPSA) is 67.2 Å². The lowest BCUT2D eigenvalue weighted by Gasteiger charge is -2.23. The number of aromatic nitrogens is 1. The molecule has 1 amide bonds. The van der Waals surface area contributed by atoms with Crippen LogP contribution in [0, 0.1) is 5.82 Å². The molecule has 1 aromatic heterocycles. The van der Waals surface area contributed by atoms with Crippen LogP contribution in [0.15, 0.2) is 34.9 Å². The summed E-state index contributed by atoms with van der Waals surface area (Å²) in [6.45, 7) is 1.81. The van der Waals surface area contributed by atoms with Gasteiger partial charge in [-0.25, -0.2) is 4.39 Å². The highest BCUT2D eigenvalue weighted by Crippen LogP contribution is 2.20. The number of hydrogen-bond acceptors (Lipinski definition) is 4. The van der Waals surface area contributed by atoms with Gasteiger partial charge in [0.15, 0.2) is 11.5 Å². The van der Waals surface area contributed by atoms with Gasteiger partial charge in [-0.3, -0.25) is 4.79 Å². The third-order valence-corrected chi connectivity index (χ3v) is 3.55. The number of nitrogens with zero attached hydrogens (tertiary/aromatic N) is 1. The van der Waals surface area contributed by atoms with Crippen molar-refractivity contribution in [1.82, 2.24) is 15.8 Å². The van der Waals surface area contributed by atoms with Crippen LogP contribution in [-0.4, -0.2) is 30.2 Å². The Hall–Kier alpha value is -2.21. The minimum atomic E-state index is -0.317. The Morgan fingerprint density at radius 3 is 2.71 bits per heavy atom. The number of piperidine rings is 1. The van der Waals surface area contributed by atoms with Crippen molar-refractivity contribution in [3.8, 4) is 11.3 Å². The van der Waals surface area contributed by atoms with E-state index in [2.05, 4.69) is 15.8 Å². The van der Waals surface area contributed by atoms with Crippen LogP contribution >= 0.6 is 0 Å². The maximum atomic E-state index is 12.9. The molecule has 110 valence electrons. The Balaban J connectivity index is 1.69. The number of carbonyl (C=O) groups is 1. The van der Waals surface area contributed by atoms with Crippen LogP contribution in [0.1, 0.15) is 23.3 Å². The lowest BCUT2D eigenvalue weighted by Crippen LogP contribution is -2.42. The van der Waals surface area contributed by atoms with Crippen molar-refractivity contribution in [3.05, 3.63) is 41.8 Å². The summed E-state index contributed by atoms with van der Waals surface area (Å²) in [6, 6.07) is 7.60. The summed E-state index contributed by atoms with van der Waals surface area (Å²) >= 11 is 0. The highest BCUT2D eigenvalue weighted by atomic mass is 19.1. The maximum Gasteiger partial charge on any atom is 0.273 e. The number of rotatable bonds is 3. The molecule has 5 nitrogen and oxygen atoms in total. The molecule has 2 heterocycles. The first-order chi connectivity index (χ1) is 10.2. The maximum absolute atomic E-state index is 12.9. The van der Waals surface area contributed by atoms with Crippen LogP contribution in [0.3, 0.4) is 0 Å². The molecule has 0 spiro atoms. The summed E-state index contributed by atoms with van der Waals surface area (Å²) in [6.07, 6.45) is 1.82. The molecule has 0 radical (unpaired) electrons. The van der Waals surface area contributed by atoms with Crippen LogP contribution in [-0.2, 0) is 0 Å². The highest BCUT2D eigenvalue weighted by Gasteiger charge is 2.19. The van der Waals surface area contributed by atoms with E-state index >= 15 is 0 Å². The third-order valence-electron chi connectivity index (χ3n) is 3.55. The van der Waals surface area contributed by atoms with Crippen LogP contribution in [0.25, 0.3) is 11.3 Å². The fraction of sp³-hybridized carbons (Fsp3) is 0.333. The van der Waals surface area contributed by atoms with Gasteiger partial charge < -0.3 is 15.2 Å². The summed E-state index contributed by atoms with van der Waals surface area (Å²) in [5.41, 5.74) is 0.928. The average Bonchev–Trinajstić information content (AvgIpc) is 2.99. The quantitative estimate of drug-likeness (QED) is 0.906. The van der Waals surface area contributed by atoms with Crippen molar-refractivity contribution in [2.45, 2.75) is 18.9 Å². The molecule has 0 aliphatic carbocycles. The summed E-state index contributed by atoms with van der Waals surface area (Å²) in [7, 11) is 0. The number of benzene rings is 1. The molecule has 1 aliphatic rings. The number of carbonyl (C=O) groups excluding carboxylic acids is 1. The molecule has 1 aliphatic heterocycles. The molecule has 3 rings (SSSR count). The molecule has 0 saturated carbocycles. The molecule has 0 bridgehead atoms. The molecule has 1 aromatic carbocycles. The van der Waals surface area contributed by atoms with Crippen molar-refractivity contribution >= 4 is 5.91 Å². The first-order valence-electron chi connectivity index (χ1n) is 6.96. The van der Waals surface area contributed by atoms with Gasteiger partial charge >= 0.3 is 0 Å². The van der Waals surface area contributed by atoms with Gasteiger partial charge in [0.25, 0.3) is 5.91 Å². The van der Waals surface area contributed by atoms with Gasteiger partial charge in [0.05, 0.1) is 0 Å². The molecule has 0 unspecified atom stereocenters. The molecule has 2 N–H and O–H groups in total. The highest BCUT2D eigenvalue weighted by molar-refractivity contribution is 5.93. The van der Waals surface area contributed by atoms with Crippen LogP contribution in [0.4, 0.5) is 4.39 Å². The Morgan fingerprint density at radius 1 is 1.29 bits per heavy atom. The van der Waals surface area contributed by atoms with E-state index in [4.69, 9.17) is 4.52 Å². The number of nitrogens with one attached hydrogen (secondary N) is 2. The Bertz CT molecular complexity index is 618. The predicted molar refractivity (Wildman–Crippen MR) is 75.3 cm³/mol. The molecule has 1 fully saturated rings. The van der Waals surface area contributed by atoms with E-state index in [1.165, 1.54) is 12.1 Å². The summed E-state index contributed by atoms with van der Waals surface area (Å²) in [5.74, 6) is -0.105. The van der Waals surface area contributed by atoms with Gasteiger partial charge in [-0.1, -0.05) is 5.16 Å². The van der Waals surface area contributed by atoms with E-state index in [0.717, 1.165) is 25.9 Å². The minimum Gasteiger partial charge on any atom is -0.355 e. The van der Waals surface area contributed by atoms with Crippen molar-refractivity contribution < 1.29 is 13.7 Å². The fourth-order valence-corrected chi connectivity index (χ4v) is 2.36. The van der Waals surface area contributed by atoms with Gasteiger partial charge in [-0.05, 0) is 50.2 Å². The fourth-order valence-electron chi connectivity index (χ4n) is 2.36. The van der Waals surface area contributed by atoms with Crippen molar-refractivity contribution in [2.75, 3.05) is 13.1 Å². The van der Waals surface area contributed by atoms with Crippen LogP contribution in [0.5, 0.6) is 0 Å². The molecule has 21 heavy (non-hydrogen) atoms. The standard InChI is InChI=1S/C15H16FN3O2/c16-11-3-1-10(2-4-11)14-9-13(19-21-14)15(20)18-12-5-7-17-8-6-12/h1-4,9,12,17H,5-8H2,(H,18,20). The third kappa shape index (κ3) is 3.28. The zero-order chi connectivity index (χ0) is 14.7. The zero-order valence-electron chi connectivity index (χ0n) is 11.4. The first-order valence-corrected chi connectivity index (χ1v) is 6.96. The molecular formula is C15H16FN3O2. The van der Waals surface area contributed by atoms with E-state index in [-0.39, 0.29) is 23.5 Å². The van der Waals surface area contributed by atoms with Crippen molar-refractivity contribution in [1.29, 1.82) is 0 Å². The predicted octanol–water partition coefficient (Wildman–Crippen LogP) is 1.96. The zero-order valence-corrected chi connectivity index (χ0v) is 11.4. The Labute approximate surface area is 121 Å². The summed E-state index contributed by atoms with van der Waals surface area (Å²) in [4.78, 5) is 12.1. The van der Waals surface area contributed by atoms with Crippen LogP contribution < -0.4 is 10.6 Å². The van der Waals surface area contributed by atoms with Gasteiger partial charge in [0, 0.05) is 17.7 Å². The van der Waals surface area contributed by atoms with Gasteiger partial charge in [-0.2, -0.15) is 0 Å². The molecule has 0 atom stereocenters. The summed E-state index contributed by atoms with van der Waals surface area (Å²) < 4.78 is 18.0. The Kier molecular flexibility index (Phi) is 3.96. The van der Waals surface area contributed by atoms with Crippen LogP contribution in [0.2, 0.25) is 0 Å². The molecule has 6 heteroatoms.